The van der Waals surface area contributed by atoms with Gasteiger partial charge in [-0.3, -0.25) is 4.72 Å². The molecule has 10 heteroatoms. The van der Waals surface area contributed by atoms with Crippen molar-refractivity contribution in [2.75, 3.05) is 11.8 Å². The number of carbonyl (C=O) groups is 1. The number of thiazole rings is 1. The first-order valence-corrected chi connectivity index (χ1v) is 11.0. The fourth-order valence-corrected chi connectivity index (χ4v) is 4.30. The van der Waals surface area contributed by atoms with Crippen LogP contribution >= 0.6 is 11.3 Å². The molecule has 0 atom stereocenters. The van der Waals surface area contributed by atoms with Gasteiger partial charge in [-0.25, -0.2) is 18.2 Å². The van der Waals surface area contributed by atoms with E-state index in [0.29, 0.717) is 17.0 Å². The van der Waals surface area contributed by atoms with Crippen LogP contribution < -0.4 is 14.2 Å². The summed E-state index contributed by atoms with van der Waals surface area (Å²) in [6.45, 7) is 0.269. The molecule has 2 aromatic carbocycles. The van der Waals surface area contributed by atoms with Gasteiger partial charge in [-0.2, -0.15) is 0 Å². The van der Waals surface area contributed by atoms with Crippen molar-refractivity contribution in [1.82, 2.24) is 4.98 Å². The van der Waals surface area contributed by atoms with Gasteiger partial charge in [0, 0.05) is 17.5 Å². The molecule has 1 heterocycles. The number of methoxy groups -OCH3 is 1. The van der Waals surface area contributed by atoms with E-state index in [1.165, 1.54) is 36.7 Å². The number of benzene rings is 2. The van der Waals surface area contributed by atoms with Crippen LogP contribution in [0, 0.1) is 0 Å². The van der Waals surface area contributed by atoms with Gasteiger partial charge >= 0.3 is 5.97 Å². The fourth-order valence-electron chi connectivity index (χ4n) is 2.50. The minimum absolute atomic E-state index is 0.119. The second-order valence-corrected chi connectivity index (χ2v) is 8.35. The van der Waals surface area contributed by atoms with E-state index in [1.807, 2.05) is 5.38 Å². The van der Waals surface area contributed by atoms with E-state index in [0.717, 1.165) is 11.8 Å². The predicted molar refractivity (Wildman–Crippen MR) is 113 cm³/mol. The van der Waals surface area contributed by atoms with Gasteiger partial charge in [0.05, 0.1) is 24.0 Å². The summed E-state index contributed by atoms with van der Waals surface area (Å²) in [5.41, 5.74) is 3.19. The fraction of sp³-hybridized carbons (Fsp3) is 0.100. The van der Waals surface area contributed by atoms with Gasteiger partial charge in [0.2, 0.25) is 0 Å². The molecule has 0 unspecified atom stereocenters. The lowest BCUT2D eigenvalue weighted by Crippen LogP contribution is -2.14. The van der Waals surface area contributed by atoms with Crippen molar-refractivity contribution >= 4 is 39.1 Å². The normalized spacial score (nSPS) is 11.4. The number of sulfonamides is 1. The van der Waals surface area contributed by atoms with Gasteiger partial charge in [-0.1, -0.05) is 12.1 Å². The van der Waals surface area contributed by atoms with E-state index in [9.17, 15) is 13.2 Å². The summed E-state index contributed by atoms with van der Waals surface area (Å²) in [7, 11) is -2.66. The van der Waals surface area contributed by atoms with Crippen LogP contribution in [0.4, 0.5) is 5.69 Å². The molecule has 0 spiro atoms. The Balaban J connectivity index is 1.83. The highest BCUT2D eigenvalue weighted by atomic mass is 32.2. The molecule has 2 N–H and O–H groups in total. The van der Waals surface area contributed by atoms with Gasteiger partial charge in [-0.05, 0) is 35.9 Å². The number of nitrogens with one attached hydrogen (secondary N) is 1. The molecule has 0 aliphatic rings. The highest BCUT2D eigenvalue weighted by Gasteiger charge is 2.20. The maximum Gasteiger partial charge on any atom is 0.328 e. The van der Waals surface area contributed by atoms with Crippen LogP contribution in [-0.2, 0) is 21.4 Å². The largest absolute Gasteiger partial charge is 0.495 e. The maximum atomic E-state index is 12.9. The van der Waals surface area contributed by atoms with Crippen LogP contribution in [0.15, 0.2) is 64.3 Å². The monoisotopic (exact) mass is 446 g/mol. The lowest BCUT2D eigenvalue weighted by atomic mass is 10.2. The Kier molecular flexibility index (Phi) is 6.70. The van der Waals surface area contributed by atoms with Gasteiger partial charge in [-0.15, -0.1) is 11.3 Å². The van der Waals surface area contributed by atoms with Crippen molar-refractivity contribution in [2.24, 2.45) is 0 Å². The Hall–Kier alpha value is -3.37. The third-order valence-electron chi connectivity index (χ3n) is 3.85. The number of rotatable bonds is 9. The molecule has 0 saturated heterocycles. The zero-order chi connectivity index (χ0) is 21.6. The zero-order valence-electron chi connectivity index (χ0n) is 15.8. The summed E-state index contributed by atoms with van der Waals surface area (Å²) in [5, 5.41) is 10.6. The molecule has 0 fully saturated rings. The zero-order valence-corrected chi connectivity index (χ0v) is 17.4. The first-order valence-electron chi connectivity index (χ1n) is 8.59. The van der Waals surface area contributed by atoms with Crippen LogP contribution in [0.1, 0.15) is 11.3 Å². The van der Waals surface area contributed by atoms with E-state index in [1.54, 1.807) is 35.8 Å². The summed E-state index contributed by atoms with van der Waals surface area (Å²) >= 11 is 1.46. The standard InChI is InChI=1S/C20H18N2O6S2/c1-27-18-7-5-14(6-8-20(23)24)9-19(18)30(25,26)22-15-3-2-4-17(10-15)28-11-16-12-29-13-21-16/h2-10,12-13,22H,11H2,1H3,(H,23,24)/b8-6+. The van der Waals surface area contributed by atoms with E-state index in [2.05, 4.69) is 9.71 Å². The third-order valence-corrected chi connectivity index (χ3v) is 5.89. The van der Waals surface area contributed by atoms with Crippen molar-refractivity contribution in [3.05, 3.63) is 70.7 Å². The first-order chi connectivity index (χ1) is 14.4. The van der Waals surface area contributed by atoms with Crippen molar-refractivity contribution in [3.8, 4) is 11.5 Å². The van der Waals surface area contributed by atoms with E-state index in [-0.39, 0.29) is 17.3 Å². The molecular formula is C20H18N2O6S2. The van der Waals surface area contributed by atoms with Crippen LogP contribution in [0.2, 0.25) is 0 Å². The predicted octanol–water partition coefficient (Wildman–Crippen LogP) is 3.63. The molecule has 1 aromatic heterocycles. The summed E-state index contributed by atoms with van der Waals surface area (Å²) < 4.78 is 39.2. The third kappa shape index (κ3) is 5.58. The minimum atomic E-state index is -4.01. The lowest BCUT2D eigenvalue weighted by Gasteiger charge is -2.13. The number of ether oxygens (including phenoxy) is 2. The van der Waals surface area contributed by atoms with Crippen LogP contribution in [-0.4, -0.2) is 31.6 Å². The lowest BCUT2D eigenvalue weighted by molar-refractivity contribution is -0.131. The van der Waals surface area contributed by atoms with Crippen molar-refractivity contribution in [3.63, 3.8) is 0 Å². The van der Waals surface area contributed by atoms with Crippen molar-refractivity contribution in [2.45, 2.75) is 11.5 Å². The van der Waals surface area contributed by atoms with Gasteiger partial charge in [0.15, 0.2) is 0 Å². The molecule has 0 bridgehead atoms. The first kappa shape index (κ1) is 21.3. The van der Waals surface area contributed by atoms with Crippen molar-refractivity contribution in [1.29, 1.82) is 0 Å². The molecule has 3 aromatic rings. The Morgan fingerprint density at radius 2 is 2.10 bits per heavy atom. The number of aliphatic carboxylic acids is 1. The molecule has 156 valence electrons. The number of hydrogen-bond donors (Lipinski definition) is 2. The van der Waals surface area contributed by atoms with Crippen LogP contribution in [0.3, 0.4) is 0 Å². The smallest absolute Gasteiger partial charge is 0.328 e. The highest BCUT2D eigenvalue weighted by Crippen LogP contribution is 2.28. The number of nitrogens with zero attached hydrogens (tertiary/aromatic N) is 1. The molecule has 30 heavy (non-hydrogen) atoms. The Labute approximate surface area is 177 Å². The molecule has 3 rings (SSSR count). The number of carboxylic acid groups (broad SMARTS) is 1. The van der Waals surface area contributed by atoms with Gasteiger partial charge < -0.3 is 14.6 Å². The van der Waals surface area contributed by atoms with Gasteiger partial charge in [0.1, 0.15) is 23.0 Å². The molecule has 0 aliphatic heterocycles. The highest BCUT2D eigenvalue weighted by molar-refractivity contribution is 7.92. The van der Waals surface area contributed by atoms with Crippen molar-refractivity contribution < 1.29 is 27.8 Å². The minimum Gasteiger partial charge on any atom is -0.495 e. The second-order valence-electron chi connectivity index (χ2n) is 5.98. The number of carboxylic acids is 1. The summed E-state index contributed by atoms with van der Waals surface area (Å²) in [4.78, 5) is 14.7. The summed E-state index contributed by atoms with van der Waals surface area (Å²) in [6, 6.07) is 10.9. The Morgan fingerprint density at radius 3 is 2.80 bits per heavy atom. The number of anilines is 1. The molecule has 0 amide bonds. The average Bonchev–Trinajstić information content (AvgIpc) is 3.24. The van der Waals surface area contributed by atoms with Crippen LogP contribution in [0.25, 0.3) is 6.08 Å². The number of hydrogen-bond acceptors (Lipinski definition) is 7. The summed E-state index contributed by atoms with van der Waals surface area (Å²) in [5.74, 6) is -0.526. The second kappa shape index (κ2) is 9.42. The Morgan fingerprint density at radius 1 is 1.27 bits per heavy atom. The molecule has 0 saturated carbocycles. The molecule has 8 nitrogen and oxygen atoms in total. The molecule has 0 aliphatic carbocycles. The molecule has 0 radical (unpaired) electrons. The topological polar surface area (TPSA) is 115 Å². The van der Waals surface area contributed by atoms with E-state index >= 15 is 0 Å². The number of aromatic nitrogens is 1. The van der Waals surface area contributed by atoms with Gasteiger partial charge in [0.25, 0.3) is 10.0 Å². The average molecular weight is 447 g/mol. The summed E-state index contributed by atoms with van der Waals surface area (Å²) in [6.07, 6.45) is 2.22. The SMILES string of the molecule is COc1ccc(/C=C/C(=O)O)cc1S(=O)(=O)Nc1cccc(OCc2cscn2)c1. The molecular weight excluding hydrogens is 428 g/mol. The van der Waals surface area contributed by atoms with E-state index < -0.39 is 16.0 Å². The Bertz CT molecular complexity index is 1160. The maximum absolute atomic E-state index is 12.9. The quantitative estimate of drug-likeness (QED) is 0.482. The van der Waals surface area contributed by atoms with E-state index in [4.69, 9.17) is 14.6 Å². The van der Waals surface area contributed by atoms with Crippen LogP contribution in [0.5, 0.6) is 11.5 Å².